The average Bonchev–Trinajstić information content (AvgIpc) is 2.80. The minimum atomic E-state index is 0.0688. The Morgan fingerprint density at radius 3 is 1.81 bits per heavy atom. The predicted octanol–water partition coefficient (Wildman–Crippen LogP) is 5.48. The largest absolute Gasteiger partial charge is 0.507 e. The molecule has 0 heterocycles. The number of nitrogens with zero attached hydrogens (tertiary/aromatic N) is 3. The fraction of sp³-hybridized carbons (Fsp3) is 0. The van der Waals surface area contributed by atoms with Crippen molar-refractivity contribution in [2.45, 2.75) is 0 Å². The highest BCUT2D eigenvalue weighted by Crippen LogP contribution is 2.12. The van der Waals surface area contributed by atoms with E-state index in [4.69, 9.17) is 16.3 Å². The van der Waals surface area contributed by atoms with Gasteiger partial charge < -0.3 is 10.8 Å². The van der Waals surface area contributed by atoms with Crippen molar-refractivity contribution in [3.8, 4) is 17.9 Å². The Bertz CT molecular complexity index is 1090. The first-order valence-electron chi connectivity index (χ1n) is 9.62. The number of aromatic hydroxyl groups is 1. The Balaban J connectivity index is 2.34. The Labute approximate surface area is 189 Å². The lowest BCUT2D eigenvalue weighted by atomic mass is 10.2. The van der Waals surface area contributed by atoms with Gasteiger partial charge in [0.25, 0.3) is 0 Å². The molecule has 3 N–H and O–H groups in total. The SMILES string of the molecule is N#CC(C#N)=C/C=C/C=C/C=C/C=C/C=C/C=C/C=C/C(N)=C/N=Cc1ccccc1O. The Morgan fingerprint density at radius 1 is 0.781 bits per heavy atom. The van der Waals surface area contributed by atoms with Crippen LogP contribution in [0.1, 0.15) is 5.56 Å². The molecule has 1 aromatic carbocycles. The third-order valence-corrected chi connectivity index (χ3v) is 3.50. The summed E-state index contributed by atoms with van der Waals surface area (Å²) in [5, 5.41) is 26.8. The molecular weight excluding hydrogens is 396 g/mol. The summed E-state index contributed by atoms with van der Waals surface area (Å²) in [5.74, 6) is 0.170. The highest BCUT2D eigenvalue weighted by atomic mass is 16.3. The van der Waals surface area contributed by atoms with Crippen LogP contribution in [0.4, 0.5) is 0 Å². The molecule has 0 saturated heterocycles. The van der Waals surface area contributed by atoms with Gasteiger partial charge in [0, 0.05) is 23.7 Å². The second kappa shape index (κ2) is 17.0. The number of para-hydroxylation sites is 1. The summed E-state index contributed by atoms with van der Waals surface area (Å²) < 4.78 is 0. The molecule has 0 saturated carbocycles. The quantitative estimate of drug-likeness (QED) is 0.297. The van der Waals surface area contributed by atoms with Gasteiger partial charge in [-0.2, -0.15) is 10.5 Å². The molecule has 0 spiro atoms. The van der Waals surface area contributed by atoms with E-state index in [0.717, 1.165) is 0 Å². The molecule has 5 nitrogen and oxygen atoms in total. The van der Waals surface area contributed by atoms with Crippen LogP contribution in [-0.4, -0.2) is 11.3 Å². The number of phenolic OH excluding ortho intramolecular Hbond substituents is 1. The molecule has 5 heteroatoms. The monoisotopic (exact) mass is 420 g/mol. The van der Waals surface area contributed by atoms with Crippen molar-refractivity contribution in [1.82, 2.24) is 0 Å². The molecule has 0 unspecified atom stereocenters. The number of nitrogens with two attached hydrogens (primary N) is 1. The van der Waals surface area contributed by atoms with E-state index in [1.54, 1.807) is 66.9 Å². The van der Waals surface area contributed by atoms with Crippen LogP contribution in [0.25, 0.3) is 0 Å². The Morgan fingerprint density at radius 2 is 1.28 bits per heavy atom. The van der Waals surface area contributed by atoms with Gasteiger partial charge in [0.05, 0.1) is 0 Å². The van der Waals surface area contributed by atoms with Gasteiger partial charge in [-0.15, -0.1) is 0 Å². The van der Waals surface area contributed by atoms with Gasteiger partial charge >= 0.3 is 0 Å². The summed E-state index contributed by atoms with van der Waals surface area (Å²) in [7, 11) is 0. The number of rotatable bonds is 10. The van der Waals surface area contributed by atoms with Gasteiger partial charge in [-0.25, -0.2) is 0 Å². The van der Waals surface area contributed by atoms with E-state index in [9.17, 15) is 5.11 Å². The Hall–Kier alpha value is -4.87. The summed E-state index contributed by atoms with van der Waals surface area (Å²) >= 11 is 0. The summed E-state index contributed by atoms with van der Waals surface area (Å²) in [6.07, 6.45) is 30.1. The number of aliphatic imine (C=N–C) groups is 1. The zero-order valence-electron chi connectivity index (χ0n) is 17.5. The maximum Gasteiger partial charge on any atom is 0.129 e. The molecule has 0 aliphatic heterocycles. The van der Waals surface area contributed by atoms with Gasteiger partial charge in [0.2, 0.25) is 0 Å². The molecule has 0 amide bonds. The van der Waals surface area contributed by atoms with Crippen LogP contribution in [0, 0.1) is 22.7 Å². The van der Waals surface area contributed by atoms with Gasteiger partial charge in [-0.3, -0.25) is 4.99 Å². The molecule has 0 atom stereocenters. The molecule has 0 aliphatic carbocycles. The van der Waals surface area contributed by atoms with Crippen molar-refractivity contribution in [3.63, 3.8) is 0 Å². The first kappa shape index (κ1) is 25.2. The van der Waals surface area contributed by atoms with Gasteiger partial charge in [0.15, 0.2) is 0 Å². The molecule has 0 aromatic heterocycles. The van der Waals surface area contributed by atoms with E-state index < -0.39 is 0 Å². The molecule has 158 valence electrons. The van der Waals surface area contributed by atoms with Crippen LogP contribution >= 0.6 is 0 Å². The third kappa shape index (κ3) is 12.6. The highest BCUT2D eigenvalue weighted by Gasteiger charge is 1.93. The zero-order valence-corrected chi connectivity index (χ0v) is 17.5. The second-order valence-electron chi connectivity index (χ2n) is 5.94. The number of hydrogen-bond acceptors (Lipinski definition) is 5. The van der Waals surface area contributed by atoms with E-state index in [2.05, 4.69) is 4.99 Å². The van der Waals surface area contributed by atoms with Crippen LogP contribution < -0.4 is 5.73 Å². The summed E-state index contributed by atoms with van der Waals surface area (Å²) in [5.41, 5.74) is 7.02. The Kier molecular flexibility index (Phi) is 13.4. The van der Waals surface area contributed by atoms with Crippen molar-refractivity contribution in [2.75, 3.05) is 0 Å². The number of allylic oxidation sites excluding steroid dienone is 16. The van der Waals surface area contributed by atoms with Crippen LogP contribution in [0.3, 0.4) is 0 Å². The first-order chi connectivity index (χ1) is 15.7. The van der Waals surface area contributed by atoms with E-state index >= 15 is 0 Å². The standard InChI is InChI=1S/C27H24N4O/c28-20-24(21-29)16-12-10-8-6-4-2-1-3-5-7-9-11-13-18-26(30)23-31-22-25-17-14-15-19-27(25)32/h1-19,22-23,32H,30H2/b3-1+,4-2+,7-5+,8-6+,11-9+,12-10+,18-13+,26-23-,31-22?. The zero-order chi connectivity index (χ0) is 23.3. The summed E-state index contributed by atoms with van der Waals surface area (Å²) in [4.78, 5) is 4.09. The molecule has 1 rings (SSSR count). The maximum atomic E-state index is 9.65. The fourth-order valence-electron chi connectivity index (χ4n) is 1.97. The van der Waals surface area contributed by atoms with Crippen LogP contribution in [-0.2, 0) is 0 Å². The number of phenols is 1. The molecule has 1 aromatic rings. The minimum Gasteiger partial charge on any atom is -0.507 e. The van der Waals surface area contributed by atoms with Crippen LogP contribution in [0.15, 0.2) is 138 Å². The second-order valence-corrected chi connectivity index (χ2v) is 5.94. The summed E-state index contributed by atoms with van der Waals surface area (Å²) in [6, 6.07) is 10.5. The van der Waals surface area contributed by atoms with Crippen molar-refractivity contribution >= 4 is 6.21 Å². The van der Waals surface area contributed by atoms with E-state index in [-0.39, 0.29) is 11.3 Å². The molecule has 0 radical (unpaired) electrons. The van der Waals surface area contributed by atoms with Crippen molar-refractivity contribution < 1.29 is 5.11 Å². The van der Waals surface area contributed by atoms with E-state index in [1.165, 1.54) is 12.3 Å². The molecule has 32 heavy (non-hydrogen) atoms. The fourth-order valence-corrected chi connectivity index (χ4v) is 1.97. The van der Waals surface area contributed by atoms with Gasteiger partial charge in [-0.1, -0.05) is 91.1 Å². The lowest BCUT2D eigenvalue weighted by molar-refractivity contribution is 0.474. The minimum absolute atomic E-state index is 0.0688. The van der Waals surface area contributed by atoms with Crippen molar-refractivity contribution in [2.24, 2.45) is 10.7 Å². The van der Waals surface area contributed by atoms with Crippen LogP contribution in [0.5, 0.6) is 5.75 Å². The average molecular weight is 421 g/mol. The molecule has 0 bridgehead atoms. The van der Waals surface area contributed by atoms with E-state index in [0.29, 0.717) is 11.3 Å². The van der Waals surface area contributed by atoms with E-state index in [1.807, 2.05) is 60.8 Å². The van der Waals surface area contributed by atoms with Crippen molar-refractivity contribution in [1.29, 1.82) is 10.5 Å². The van der Waals surface area contributed by atoms with Crippen LogP contribution in [0.2, 0.25) is 0 Å². The molecule has 0 aliphatic rings. The first-order valence-corrected chi connectivity index (χ1v) is 9.62. The maximum absolute atomic E-state index is 9.65. The normalized spacial score (nSPS) is 13.0. The van der Waals surface area contributed by atoms with Crippen molar-refractivity contribution in [3.05, 3.63) is 138 Å². The van der Waals surface area contributed by atoms with Gasteiger partial charge in [-0.05, 0) is 24.3 Å². The summed E-state index contributed by atoms with van der Waals surface area (Å²) in [6.45, 7) is 0. The number of nitriles is 2. The van der Waals surface area contributed by atoms with Gasteiger partial charge in [0.1, 0.15) is 23.5 Å². The molecule has 0 fully saturated rings. The number of benzene rings is 1. The lowest BCUT2D eigenvalue weighted by Gasteiger charge is -1.95. The number of hydrogen-bond donors (Lipinski definition) is 2. The highest BCUT2D eigenvalue weighted by molar-refractivity contribution is 5.83. The third-order valence-electron chi connectivity index (χ3n) is 3.50. The molecular formula is C27H24N4O. The lowest BCUT2D eigenvalue weighted by Crippen LogP contribution is -1.91. The topological polar surface area (TPSA) is 106 Å². The predicted molar refractivity (Wildman–Crippen MR) is 131 cm³/mol. The smallest absolute Gasteiger partial charge is 0.129 e.